The van der Waals surface area contributed by atoms with Gasteiger partial charge in [-0.15, -0.1) is 10.2 Å². The van der Waals surface area contributed by atoms with Crippen LogP contribution in [-0.4, -0.2) is 154 Å². The number of alkyl carbamates (subject to hydrolysis) is 1. The first-order chi connectivity index (χ1) is 37.6. The number of benzene rings is 2. The summed E-state index contributed by atoms with van der Waals surface area (Å²) in [5, 5.41) is 35.6. The monoisotopic (exact) mass is 1130 g/mol. The largest absolute Gasteiger partial charge is 0.465 e. The first kappa shape index (κ1) is 59.0. The number of hydrazine groups is 1. The normalized spacial score (nSPS) is 19.5. The Morgan fingerprint density at radius 1 is 0.800 bits per heavy atom. The second-order valence-electron chi connectivity index (χ2n) is 21.6. The molecular formula is C53H60F8N10O9. The Morgan fingerprint density at radius 2 is 1.39 bits per heavy atom. The van der Waals surface area contributed by atoms with E-state index in [0.29, 0.717) is 67.5 Å². The van der Waals surface area contributed by atoms with Gasteiger partial charge in [0.05, 0.1) is 49.3 Å². The van der Waals surface area contributed by atoms with Crippen LogP contribution in [0.1, 0.15) is 87.4 Å². The van der Waals surface area contributed by atoms with Crippen LogP contribution >= 0.6 is 0 Å². The molecule has 3 saturated heterocycles. The van der Waals surface area contributed by atoms with Crippen LogP contribution in [0.15, 0.2) is 59.1 Å². The average molecular weight is 1130 g/mol. The molecule has 0 radical (unpaired) electrons. The Morgan fingerprint density at radius 3 is 1.91 bits per heavy atom. The summed E-state index contributed by atoms with van der Waals surface area (Å²) in [6.07, 6.45) is -11.1. The van der Waals surface area contributed by atoms with E-state index in [-0.39, 0.29) is 23.3 Å². The number of ether oxygens (including phenoxy) is 2. The maximum Gasteiger partial charge on any atom is 0.407 e. The Bertz CT molecular complexity index is 2920. The topological polar surface area (TPSA) is 237 Å². The average Bonchev–Trinajstić information content (AvgIpc) is 4.09. The molecule has 4 aromatic rings. The van der Waals surface area contributed by atoms with Crippen LogP contribution in [0.5, 0.6) is 0 Å². The van der Waals surface area contributed by atoms with Crippen molar-refractivity contribution < 1.29 is 78.4 Å². The molecule has 4 aliphatic rings. The lowest BCUT2D eigenvalue weighted by Crippen LogP contribution is -2.63. The van der Waals surface area contributed by atoms with E-state index in [0.717, 1.165) is 77.0 Å². The van der Waals surface area contributed by atoms with Crippen LogP contribution in [0.2, 0.25) is 0 Å². The van der Waals surface area contributed by atoms with E-state index in [1.807, 2.05) is 22.9 Å². The first-order valence-corrected chi connectivity index (χ1v) is 25.6. The summed E-state index contributed by atoms with van der Waals surface area (Å²) in [6, 6.07) is 5.95. The van der Waals surface area contributed by atoms with Gasteiger partial charge in [0.2, 0.25) is 17.7 Å². The molecule has 432 valence electrons. The third-order valence-corrected chi connectivity index (χ3v) is 15.1. The second-order valence-corrected chi connectivity index (χ2v) is 21.6. The van der Waals surface area contributed by atoms with E-state index < -0.39 is 108 Å². The SMILES string of the molecule is COC(=O)NC(C(=O)NC(Cc1ccc(C#Cc2ccc(N3CC4CCC(C3)N4C3COC3)nc2)cc1)C(O)CN(Cc1c(F)cc(-c2nnc(C3CC3)o2)cc1F)NC(=O)C(NC(=O)O)C(C)(C)C(F)(F)F)C(C)(C)C(F)(F)F. The molecule has 1 aliphatic carbocycles. The van der Waals surface area contributed by atoms with Gasteiger partial charge in [-0.05, 0) is 102 Å². The molecule has 80 heavy (non-hydrogen) atoms. The number of methoxy groups -OCH3 is 1. The molecule has 0 spiro atoms. The number of hydrogen-bond donors (Lipinski definition) is 6. The van der Waals surface area contributed by atoms with Crippen molar-refractivity contribution in [2.75, 3.05) is 44.9 Å². The number of rotatable bonds is 19. The van der Waals surface area contributed by atoms with Gasteiger partial charge < -0.3 is 45.0 Å². The number of aliphatic hydroxyl groups is 1. The van der Waals surface area contributed by atoms with E-state index in [9.17, 15) is 55.7 Å². The molecule has 2 aromatic carbocycles. The van der Waals surface area contributed by atoms with Crippen molar-refractivity contribution in [3.8, 4) is 23.3 Å². The number of fused-ring (bicyclic) bond motifs is 2. The van der Waals surface area contributed by atoms with Gasteiger partial charge in [-0.1, -0.05) is 24.0 Å². The van der Waals surface area contributed by atoms with Crippen LogP contribution in [0, 0.1) is 34.3 Å². The molecule has 1 saturated carbocycles. The fourth-order valence-electron chi connectivity index (χ4n) is 9.85. The van der Waals surface area contributed by atoms with Gasteiger partial charge in [-0.3, -0.25) is 19.9 Å². The van der Waals surface area contributed by atoms with Crippen molar-refractivity contribution in [2.24, 2.45) is 10.8 Å². The van der Waals surface area contributed by atoms with Gasteiger partial charge in [0.25, 0.3) is 5.91 Å². The van der Waals surface area contributed by atoms with Crippen LogP contribution in [0.3, 0.4) is 0 Å². The van der Waals surface area contributed by atoms with E-state index in [1.54, 1.807) is 18.3 Å². The number of amides is 4. The number of aliphatic hydroxyl groups excluding tert-OH is 1. The zero-order valence-electron chi connectivity index (χ0n) is 44.1. The molecule has 6 atom stereocenters. The van der Waals surface area contributed by atoms with Crippen molar-refractivity contribution in [3.05, 3.63) is 94.5 Å². The molecule has 19 nitrogen and oxygen atoms in total. The lowest BCUT2D eigenvalue weighted by molar-refractivity contribution is -0.221. The summed E-state index contributed by atoms with van der Waals surface area (Å²) >= 11 is 0. The number of alkyl halides is 6. The molecule has 2 bridgehead atoms. The van der Waals surface area contributed by atoms with Gasteiger partial charge in [0.1, 0.15) is 29.5 Å². The van der Waals surface area contributed by atoms with Crippen molar-refractivity contribution in [1.82, 2.24) is 46.5 Å². The van der Waals surface area contributed by atoms with Crippen molar-refractivity contribution in [1.29, 1.82) is 0 Å². The van der Waals surface area contributed by atoms with Gasteiger partial charge in [0.15, 0.2) is 0 Å². The molecule has 2 aromatic heterocycles. The van der Waals surface area contributed by atoms with Gasteiger partial charge in [-0.2, -0.15) is 26.3 Å². The minimum atomic E-state index is -5.25. The number of carbonyl (C=O) groups excluding carboxylic acids is 3. The molecular weight excluding hydrogens is 1070 g/mol. The Kier molecular flexibility index (Phi) is 17.3. The van der Waals surface area contributed by atoms with E-state index >= 15 is 8.78 Å². The molecule has 6 N–H and O–H groups in total. The molecule has 27 heteroatoms. The van der Waals surface area contributed by atoms with Gasteiger partial charge in [0, 0.05) is 72.6 Å². The predicted octanol–water partition coefficient (Wildman–Crippen LogP) is 6.20. The number of nitrogens with zero attached hydrogens (tertiary/aromatic N) is 6. The van der Waals surface area contributed by atoms with Crippen molar-refractivity contribution in [3.63, 3.8) is 0 Å². The highest BCUT2D eigenvalue weighted by Gasteiger charge is 2.57. The standard InChI is InChI=1S/C53H60F8N10O9/c1-50(2,52(56,57)58)42(65-49(77)78-5)44(73)63-39(18-29-9-6-28(7-10-29)8-11-30-12-17-41(62-21-30)69-22-33-15-16-34(23-69)71(33)35-26-79-27-35)40(72)25-70(68-45(74)43(64-48(75)76)51(3,4)53(59,60)61)24-36-37(54)19-32(20-38(36)55)47-67-66-46(80-47)31-13-14-31/h6-7,9-10,12,17,19-21,31,33-35,39-40,42-43,64,72H,13-16,18,22-27H2,1-5H3,(H,63,73)(H,65,77)(H,68,74)(H,75,76). The zero-order chi connectivity index (χ0) is 58.1. The summed E-state index contributed by atoms with van der Waals surface area (Å²) in [5.41, 5.74) is -3.86. The molecule has 3 aliphatic heterocycles. The highest BCUT2D eigenvalue weighted by atomic mass is 19.4. The number of hydrogen-bond acceptors (Lipinski definition) is 14. The Labute approximate surface area is 454 Å². The number of nitrogens with one attached hydrogen (secondary N) is 4. The van der Waals surface area contributed by atoms with E-state index in [1.165, 1.54) is 17.4 Å². The zero-order valence-corrected chi connectivity index (χ0v) is 44.1. The first-order valence-electron chi connectivity index (χ1n) is 25.6. The van der Waals surface area contributed by atoms with Crippen LogP contribution in [-0.2, 0) is 32.0 Å². The smallest absolute Gasteiger partial charge is 0.407 e. The molecule has 8 rings (SSSR count). The van der Waals surface area contributed by atoms with Gasteiger partial charge >= 0.3 is 24.5 Å². The minimum Gasteiger partial charge on any atom is -0.465 e. The number of aromatic nitrogens is 3. The summed E-state index contributed by atoms with van der Waals surface area (Å²) in [5.74, 6) is 0.973. The number of carboxylic acid groups (broad SMARTS) is 1. The lowest BCUT2D eigenvalue weighted by Gasteiger charge is -2.47. The van der Waals surface area contributed by atoms with E-state index in [4.69, 9.17) is 9.15 Å². The van der Waals surface area contributed by atoms with Crippen molar-refractivity contribution >= 4 is 29.8 Å². The number of piperazine rings is 1. The summed E-state index contributed by atoms with van der Waals surface area (Å²) in [6.45, 7) is 3.26. The number of carbonyl (C=O) groups is 4. The van der Waals surface area contributed by atoms with Crippen LogP contribution < -0.4 is 26.3 Å². The number of pyridine rings is 1. The lowest BCUT2D eigenvalue weighted by atomic mass is 9.82. The van der Waals surface area contributed by atoms with Crippen LogP contribution in [0.25, 0.3) is 11.5 Å². The maximum atomic E-state index is 16.1. The molecule has 4 amide bonds. The van der Waals surface area contributed by atoms with Crippen LogP contribution in [0.4, 0.5) is 50.5 Å². The molecule has 6 unspecified atom stereocenters. The summed E-state index contributed by atoms with van der Waals surface area (Å²) in [4.78, 5) is 61.7. The van der Waals surface area contributed by atoms with Gasteiger partial charge in [-0.25, -0.2) is 28.4 Å². The number of halogens is 8. The maximum absolute atomic E-state index is 16.1. The predicted molar refractivity (Wildman–Crippen MR) is 268 cm³/mol. The molecule has 5 heterocycles. The highest BCUT2D eigenvalue weighted by molar-refractivity contribution is 5.87. The summed E-state index contributed by atoms with van der Waals surface area (Å²) in [7, 11) is 0.834. The minimum absolute atomic E-state index is 0.0263. The third kappa shape index (κ3) is 13.4. The second kappa shape index (κ2) is 23.5. The van der Waals surface area contributed by atoms with E-state index in [2.05, 4.69) is 46.9 Å². The Hall–Kier alpha value is -7.15. The summed E-state index contributed by atoms with van der Waals surface area (Å²) < 4.78 is 135. The third-order valence-electron chi connectivity index (χ3n) is 15.1. The fraction of sp³-hybridized carbons (Fsp3) is 0.528. The fourth-order valence-corrected chi connectivity index (χ4v) is 9.85. The Balaban J connectivity index is 1.07. The molecule has 4 fully saturated rings. The van der Waals surface area contributed by atoms with Crippen molar-refractivity contribution in [2.45, 2.75) is 127 Å². The highest BCUT2D eigenvalue weighted by Crippen LogP contribution is 2.43. The quantitative estimate of drug-likeness (QED) is 0.0349. The number of anilines is 1.